The predicted octanol–water partition coefficient (Wildman–Crippen LogP) is 4.81. The maximum Gasteiger partial charge on any atom is 0.323 e. The van der Waals surface area contributed by atoms with Gasteiger partial charge in [0.25, 0.3) is 5.91 Å². The van der Waals surface area contributed by atoms with E-state index < -0.39 is 17.7 Å². The van der Waals surface area contributed by atoms with Crippen LogP contribution in [0.3, 0.4) is 0 Å². The van der Waals surface area contributed by atoms with Gasteiger partial charge < -0.3 is 15.5 Å². The lowest BCUT2D eigenvalue weighted by molar-refractivity contribution is 0.0989. The van der Waals surface area contributed by atoms with E-state index in [4.69, 9.17) is 0 Å². The summed E-state index contributed by atoms with van der Waals surface area (Å²) < 4.78 is 27.0. The van der Waals surface area contributed by atoms with Crippen molar-refractivity contribution < 1.29 is 18.4 Å². The van der Waals surface area contributed by atoms with Crippen LogP contribution in [0.2, 0.25) is 0 Å². The van der Waals surface area contributed by atoms with Crippen molar-refractivity contribution in [3.05, 3.63) is 89.5 Å². The van der Waals surface area contributed by atoms with Crippen molar-refractivity contribution in [2.45, 2.75) is 6.42 Å². The second-order valence-electron chi connectivity index (χ2n) is 6.62. The van der Waals surface area contributed by atoms with Gasteiger partial charge in [-0.2, -0.15) is 0 Å². The number of hydrogen-bond acceptors (Lipinski definition) is 2. The minimum atomic E-state index is -0.741. The largest absolute Gasteiger partial charge is 0.323 e. The van der Waals surface area contributed by atoms with Crippen molar-refractivity contribution in [3.63, 3.8) is 0 Å². The molecule has 2 N–H and O–H groups in total. The van der Waals surface area contributed by atoms with Gasteiger partial charge in [-0.1, -0.05) is 24.3 Å². The zero-order valence-corrected chi connectivity index (χ0v) is 15.3. The number of benzene rings is 3. The van der Waals surface area contributed by atoms with Crippen LogP contribution in [-0.4, -0.2) is 18.5 Å². The second-order valence-corrected chi connectivity index (χ2v) is 6.62. The van der Waals surface area contributed by atoms with Crippen LogP contribution in [0.4, 0.5) is 30.6 Å². The first-order valence-electron chi connectivity index (χ1n) is 9.04. The van der Waals surface area contributed by atoms with E-state index in [9.17, 15) is 18.4 Å². The summed E-state index contributed by atoms with van der Waals surface area (Å²) in [6, 6.07) is 16.3. The average Bonchev–Trinajstić information content (AvgIpc) is 3.14. The normalized spacial score (nSPS) is 12.4. The lowest BCUT2D eigenvalue weighted by atomic mass is 10.1. The summed E-state index contributed by atoms with van der Waals surface area (Å²) in [4.78, 5) is 26.7. The quantitative estimate of drug-likeness (QED) is 0.671. The minimum Gasteiger partial charge on any atom is -0.308 e. The van der Waals surface area contributed by atoms with E-state index in [-0.39, 0.29) is 11.6 Å². The number of hydrogen-bond donors (Lipinski definition) is 2. The molecule has 1 aliphatic rings. The Kier molecular flexibility index (Phi) is 4.95. The molecule has 3 aromatic carbocycles. The topological polar surface area (TPSA) is 61.4 Å². The molecule has 0 fully saturated rings. The molecule has 146 valence electrons. The summed E-state index contributed by atoms with van der Waals surface area (Å²) in [5, 5.41) is 4.87. The molecule has 3 amide bonds. The molecule has 1 heterocycles. The number of carbonyl (C=O) groups excluding carboxylic acids is 2. The third-order valence-electron chi connectivity index (χ3n) is 4.68. The fourth-order valence-electron chi connectivity index (χ4n) is 3.28. The standard InChI is InChI=1S/C22H17F2N3O2/c23-16-7-9-18(24)19(12-16)26-22(29)25-17-8-6-14-10-11-27(20(14)13-17)21(28)15-4-2-1-3-5-15/h1-9,12-13H,10-11H2,(H2,25,26,29). The van der Waals surface area contributed by atoms with Gasteiger partial charge in [-0.3, -0.25) is 4.79 Å². The number of halogens is 2. The second kappa shape index (κ2) is 7.71. The Labute approximate surface area is 166 Å². The first-order chi connectivity index (χ1) is 14.0. The molecule has 0 bridgehead atoms. The summed E-state index contributed by atoms with van der Waals surface area (Å²) in [5.41, 5.74) is 2.47. The summed E-state index contributed by atoms with van der Waals surface area (Å²) in [6.45, 7) is 0.549. The first kappa shape index (κ1) is 18.6. The van der Waals surface area contributed by atoms with Crippen molar-refractivity contribution in [2.24, 2.45) is 0 Å². The Balaban J connectivity index is 1.51. The molecule has 0 atom stereocenters. The summed E-state index contributed by atoms with van der Waals surface area (Å²) in [5.74, 6) is -1.52. The van der Waals surface area contributed by atoms with Crippen LogP contribution in [-0.2, 0) is 6.42 Å². The van der Waals surface area contributed by atoms with Crippen molar-refractivity contribution in [2.75, 3.05) is 22.1 Å². The molecule has 29 heavy (non-hydrogen) atoms. The van der Waals surface area contributed by atoms with E-state index >= 15 is 0 Å². The van der Waals surface area contributed by atoms with Crippen molar-refractivity contribution in [3.8, 4) is 0 Å². The van der Waals surface area contributed by atoms with Crippen molar-refractivity contribution in [1.82, 2.24) is 0 Å². The summed E-state index contributed by atoms with van der Waals surface area (Å²) in [6.07, 6.45) is 0.717. The number of rotatable bonds is 3. The van der Waals surface area contributed by atoms with Gasteiger partial charge in [0.05, 0.1) is 5.69 Å². The number of anilines is 3. The van der Waals surface area contributed by atoms with Crippen LogP contribution in [0.15, 0.2) is 66.7 Å². The third-order valence-corrected chi connectivity index (χ3v) is 4.68. The molecule has 0 aromatic heterocycles. The Hall–Kier alpha value is -3.74. The minimum absolute atomic E-state index is 0.118. The van der Waals surface area contributed by atoms with E-state index in [0.717, 1.165) is 30.2 Å². The van der Waals surface area contributed by atoms with Crippen LogP contribution in [0.25, 0.3) is 0 Å². The van der Waals surface area contributed by atoms with E-state index in [0.29, 0.717) is 23.5 Å². The smallest absolute Gasteiger partial charge is 0.308 e. The van der Waals surface area contributed by atoms with E-state index in [1.165, 1.54) is 0 Å². The van der Waals surface area contributed by atoms with Crippen molar-refractivity contribution in [1.29, 1.82) is 0 Å². The average molecular weight is 393 g/mol. The molecule has 7 heteroatoms. The number of carbonyl (C=O) groups is 2. The van der Waals surface area contributed by atoms with Crippen molar-refractivity contribution >= 4 is 29.0 Å². The zero-order valence-electron chi connectivity index (χ0n) is 15.3. The molecule has 0 radical (unpaired) electrons. The highest BCUT2D eigenvalue weighted by Crippen LogP contribution is 2.32. The molecule has 1 aliphatic heterocycles. The molecular weight excluding hydrogens is 376 g/mol. The van der Waals surface area contributed by atoms with Crippen LogP contribution in [0.5, 0.6) is 0 Å². The summed E-state index contributed by atoms with van der Waals surface area (Å²) >= 11 is 0. The van der Waals surface area contributed by atoms with Gasteiger partial charge in [-0.05, 0) is 48.4 Å². The predicted molar refractivity (Wildman–Crippen MR) is 107 cm³/mol. The monoisotopic (exact) mass is 393 g/mol. The molecule has 3 aromatic rings. The highest BCUT2D eigenvalue weighted by molar-refractivity contribution is 6.08. The Morgan fingerprint density at radius 1 is 0.897 bits per heavy atom. The fraction of sp³-hybridized carbons (Fsp3) is 0.0909. The summed E-state index contributed by atoms with van der Waals surface area (Å²) in [7, 11) is 0. The maximum atomic E-state index is 13.7. The Morgan fingerprint density at radius 2 is 1.69 bits per heavy atom. The number of urea groups is 1. The SMILES string of the molecule is O=C(Nc1ccc2c(c1)N(C(=O)c1ccccc1)CC2)Nc1cc(F)ccc1F. The van der Waals surface area contributed by atoms with E-state index in [2.05, 4.69) is 10.6 Å². The Bertz CT molecular complexity index is 1090. The number of fused-ring (bicyclic) bond motifs is 1. The molecule has 4 rings (SSSR count). The van der Waals surface area contributed by atoms with Crippen LogP contribution >= 0.6 is 0 Å². The molecule has 0 aliphatic carbocycles. The first-order valence-corrected chi connectivity index (χ1v) is 9.04. The molecule has 5 nitrogen and oxygen atoms in total. The number of amides is 3. The highest BCUT2D eigenvalue weighted by atomic mass is 19.1. The Morgan fingerprint density at radius 3 is 2.48 bits per heavy atom. The van der Waals surface area contributed by atoms with Crippen LogP contribution in [0.1, 0.15) is 15.9 Å². The van der Waals surface area contributed by atoms with Gasteiger partial charge in [0, 0.05) is 29.5 Å². The lowest BCUT2D eigenvalue weighted by Gasteiger charge is -2.18. The van der Waals surface area contributed by atoms with Gasteiger partial charge in [0.2, 0.25) is 0 Å². The third kappa shape index (κ3) is 3.94. The van der Waals surface area contributed by atoms with Gasteiger partial charge in [0.1, 0.15) is 11.6 Å². The zero-order chi connectivity index (χ0) is 20.4. The molecule has 0 spiro atoms. The number of nitrogens with zero attached hydrogens (tertiary/aromatic N) is 1. The lowest BCUT2D eigenvalue weighted by Crippen LogP contribution is -2.29. The molecule has 0 saturated carbocycles. The number of nitrogens with one attached hydrogen (secondary N) is 2. The molecular formula is C22H17F2N3O2. The van der Waals surface area contributed by atoms with Gasteiger partial charge in [0.15, 0.2) is 0 Å². The molecule has 0 saturated heterocycles. The van der Waals surface area contributed by atoms with E-state index in [1.54, 1.807) is 41.3 Å². The van der Waals surface area contributed by atoms with E-state index in [1.807, 2.05) is 12.1 Å². The molecule has 0 unspecified atom stereocenters. The fourth-order valence-corrected chi connectivity index (χ4v) is 3.28. The van der Waals surface area contributed by atoms with Crippen LogP contribution < -0.4 is 15.5 Å². The maximum absolute atomic E-state index is 13.7. The van der Waals surface area contributed by atoms with Gasteiger partial charge in [-0.15, -0.1) is 0 Å². The van der Waals surface area contributed by atoms with Gasteiger partial charge in [-0.25, -0.2) is 13.6 Å². The van der Waals surface area contributed by atoms with Crippen LogP contribution in [0, 0.1) is 11.6 Å². The van der Waals surface area contributed by atoms with Gasteiger partial charge >= 0.3 is 6.03 Å². The highest BCUT2D eigenvalue weighted by Gasteiger charge is 2.26.